The van der Waals surface area contributed by atoms with Crippen LogP contribution in [0.15, 0.2) is 48.7 Å². The maximum absolute atomic E-state index is 10.7. The molecule has 4 heteroatoms. The van der Waals surface area contributed by atoms with E-state index in [0.717, 1.165) is 11.3 Å². The van der Waals surface area contributed by atoms with Crippen LogP contribution in [0.25, 0.3) is 12.2 Å². The normalized spacial score (nSPS) is 12.2. The van der Waals surface area contributed by atoms with Crippen molar-refractivity contribution in [2.45, 2.75) is 13.0 Å². The summed E-state index contributed by atoms with van der Waals surface area (Å²) in [7, 11) is 0. The van der Waals surface area contributed by atoms with Crippen LogP contribution in [-0.4, -0.2) is 22.2 Å². The monoisotopic (exact) mass is 269 g/mol. The first kappa shape index (κ1) is 13.8. The Morgan fingerprint density at radius 3 is 2.55 bits per heavy atom. The molecule has 2 aromatic rings. The molecule has 0 fully saturated rings. The van der Waals surface area contributed by atoms with E-state index in [-0.39, 0.29) is 0 Å². The Hall–Kier alpha value is -2.62. The number of benzene rings is 1. The number of carboxylic acids is 1. The third kappa shape index (κ3) is 3.95. The Balaban J connectivity index is 2.02. The zero-order chi connectivity index (χ0) is 14.4. The summed E-state index contributed by atoms with van der Waals surface area (Å²) in [6.07, 6.45) is 4.73. The van der Waals surface area contributed by atoms with E-state index in [1.54, 1.807) is 18.3 Å². The van der Waals surface area contributed by atoms with E-state index in [9.17, 15) is 4.79 Å². The van der Waals surface area contributed by atoms with Gasteiger partial charge in [-0.1, -0.05) is 24.3 Å². The first-order valence-corrected chi connectivity index (χ1v) is 6.24. The first-order valence-electron chi connectivity index (χ1n) is 6.24. The standard InChI is InChI=1S/C16H15NO3/c1-12(16(18)19)20-15-9-6-13(7-10-15)5-8-14-4-2-3-11-17-14/h2-12H,1H3,(H,18,19)/b8-5+. The minimum Gasteiger partial charge on any atom is -0.479 e. The minimum absolute atomic E-state index is 0.537. The highest BCUT2D eigenvalue weighted by atomic mass is 16.5. The smallest absolute Gasteiger partial charge is 0.344 e. The van der Waals surface area contributed by atoms with Crippen molar-refractivity contribution in [2.75, 3.05) is 0 Å². The summed E-state index contributed by atoms with van der Waals surface area (Å²) in [5.74, 6) is -0.445. The topological polar surface area (TPSA) is 59.4 Å². The van der Waals surface area contributed by atoms with Gasteiger partial charge in [0.25, 0.3) is 0 Å². The van der Waals surface area contributed by atoms with E-state index in [1.807, 2.05) is 42.5 Å². The highest BCUT2D eigenvalue weighted by Gasteiger charge is 2.11. The molecule has 0 aliphatic rings. The van der Waals surface area contributed by atoms with E-state index in [2.05, 4.69) is 4.98 Å². The summed E-state index contributed by atoms with van der Waals surface area (Å²) in [4.78, 5) is 14.9. The molecule has 0 saturated carbocycles. The second-order valence-electron chi connectivity index (χ2n) is 4.26. The quantitative estimate of drug-likeness (QED) is 0.906. The Labute approximate surface area is 117 Å². The van der Waals surface area contributed by atoms with Gasteiger partial charge in [0.1, 0.15) is 5.75 Å². The van der Waals surface area contributed by atoms with Crippen molar-refractivity contribution in [2.24, 2.45) is 0 Å². The van der Waals surface area contributed by atoms with E-state index in [4.69, 9.17) is 9.84 Å². The molecule has 1 N–H and O–H groups in total. The van der Waals surface area contributed by atoms with Crippen molar-refractivity contribution >= 4 is 18.1 Å². The zero-order valence-electron chi connectivity index (χ0n) is 11.1. The van der Waals surface area contributed by atoms with Crippen LogP contribution in [-0.2, 0) is 4.79 Å². The summed E-state index contributed by atoms with van der Waals surface area (Å²) >= 11 is 0. The molecule has 2 rings (SSSR count). The number of carbonyl (C=O) groups is 1. The summed E-state index contributed by atoms with van der Waals surface area (Å²) in [5.41, 5.74) is 1.87. The predicted molar refractivity (Wildman–Crippen MR) is 77.3 cm³/mol. The lowest BCUT2D eigenvalue weighted by Gasteiger charge is -2.09. The summed E-state index contributed by atoms with van der Waals surface area (Å²) < 4.78 is 5.26. The maximum Gasteiger partial charge on any atom is 0.344 e. The lowest BCUT2D eigenvalue weighted by Crippen LogP contribution is -2.22. The van der Waals surface area contributed by atoms with Gasteiger partial charge in [0.2, 0.25) is 0 Å². The van der Waals surface area contributed by atoms with Gasteiger partial charge in [-0.25, -0.2) is 4.79 Å². The fourth-order valence-corrected chi connectivity index (χ4v) is 1.57. The van der Waals surface area contributed by atoms with Crippen LogP contribution >= 0.6 is 0 Å². The Morgan fingerprint density at radius 2 is 1.95 bits per heavy atom. The maximum atomic E-state index is 10.7. The van der Waals surface area contributed by atoms with Crippen molar-refractivity contribution in [1.29, 1.82) is 0 Å². The van der Waals surface area contributed by atoms with Crippen molar-refractivity contribution in [3.8, 4) is 5.75 Å². The van der Waals surface area contributed by atoms with E-state index < -0.39 is 12.1 Å². The van der Waals surface area contributed by atoms with Crippen molar-refractivity contribution in [3.05, 3.63) is 59.9 Å². The number of hydrogen-bond acceptors (Lipinski definition) is 3. The van der Waals surface area contributed by atoms with E-state index in [1.165, 1.54) is 6.92 Å². The average Bonchev–Trinajstić information content (AvgIpc) is 2.47. The number of nitrogens with zero attached hydrogens (tertiary/aromatic N) is 1. The molecule has 102 valence electrons. The number of hydrogen-bond donors (Lipinski definition) is 1. The van der Waals surface area contributed by atoms with Gasteiger partial charge < -0.3 is 9.84 Å². The Kier molecular flexibility index (Phi) is 4.50. The summed E-state index contributed by atoms with van der Waals surface area (Å²) in [5, 5.41) is 8.77. The van der Waals surface area contributed by atoms with Crippen LogP contribution in [0.4, 0.5) is 0 Å². The molecule has 0 spiro atoms. The number of aromatic nitrogens is 1. The van der Waals surface area contributed by atoms with Gasteiger partial charge >= 0.3 is 5.97 Å². The van der Waals surface area contributed by atoms with Crippen molar-refractivity contribution < 1.29 is 14.6 Å². The number of pyridine rings is 1. The molecule has 1 heterocycles. The molecule has 20 heavy (non-hydrogen) atoms. The molecule has 1 atom stereocenters. The highest BCUT2D eigenvalue weighted by Crippen LogP contribution is 2.15. The van der Waals surface area contributed by atoms with Gasteiger partial charge in [-0.05, 0) is 42.8 Å². The van der Waals surface area contributed by atoms with Crippen molar-refractivity contribution in [3.63, 3.8) is 0 Å². The molecular formula is C16H15NO3. The van der Waals surface area contributed by atoms with Crippen LogP contribution in [0.1, 0.15) is 18.2 Å². The molecule has 1 aromatic heterocycles. The van der Waals surface area contributed by atoms with Gasteiger partial charge in [0.05, 0.1) is 5.69 Å². The molecule has 0 bridgehead atoms. The fraction of sp³-hybridized carbons (Fsp3) is 0.125. The third-order valence-electron chi connectivity index (χ3n) is 2.68. The molecule has 1 unspecified atom stereocenters. The third-order valence-corrected chi connectivity index (χ3v) is 2.68. The largest absolute Gasteiger partial charge is 0.479 e. The van der Waals surface area contributed by atoms with Crippen LogP contribution in [0.2, 0.25) is 0 Å². The fourth-order valence-electron chi connectivity index (χ4n) is 1.57. The number of carboxylic acid groups (broad SMARTS) is 1. The Morgan fingerprint density at radius 1 is 1.20 bits per heavy atom. The molecular weight excluding hydrogens is 254 g/mol. The SMILES string of the molecule is CC(Oc1ccc(/C=C/c2ccccn2)cc1)C(=O)O. The minimum atomic E-state index is -0.982. The van der Waals surface area contributed by atoms with Crippen LogP contribution < -0.4 is 4.74 Å². The second-order valence-corrected chi connectivity index (χ2v) is 4.26. The molecule has 0 aliphatic heterocycles. The lowest BCUT2D eigenvalue weighted by molar-refractivity contribution is -0.144. The van der Waals surface area contributed by atoms with Crippen molar-refractivity contribution in [1.82, 2.24) is 4.98 Å². The van der Waals surface area contributed by atoms with Crippen LogP contribution in [0.5, 0.6) is 5.75 Å². The lowest BCUT2D eigenvalue weighted by atomic mass is 10.2. The van der Waals surface area contributed by atoms with Gasteiger partial charge in [-0.3, -0.25) is 4.98 Å². The molecule has 1 aromatic carbocycles. The first-order chi connectivity index (χ1) is 9.65. The van der Waals surface area contributed by atoms with E-state index >= 15 is 0 Å². The van der Waals surface area contributed by atoms with Gasteiger partial charge in [0.15, 0.2) is 6.10 Å². The Bertz CT molecular complexity index is 591. The second kappa shape index (κ2) is 6.52. The summed E-state index contributed by atoms with van der Waals surface area (Å²) in [6.45, 7) is 1.50. The molecule has 0 aliphatic carbocycles. The summed E-state index contributed by atoms with van der Waals surface area (Å²) in [6, 6.07) is 12.9. The number of rotatable bonds is 5. The molecule has 0 saturated heterocycles. The van der Waals surface area contributed by atoms with Gasteiger partial charge in [-0.15, -0.1) is 0 Å². The zero-order valence-corrected chi connectivity index (χ0v) is 11.1. The molecule has 0 amide bonds. The number of aliphatic carboxylic acids is 1. The van der Waals surface area contributed by atoms with Gasteiger partial charge in [0, 0.05) is 6.20 Å². The van der Waals surface area contributed by atoms with Gasteiger partial charge in [-0.2, -0.15) is 0 Å². The van der Waals surface area contributed by atoms with Crippen LogP contribution in [0.3, 0.4) is 0 Å². The predicted octanol–water partition coefficient (Wildman–Crippen LogP) is 3.10. The molecule has 4 nitrogen and oxygen atoms in total. The average molecular weight is 269 g/mol. The number of ether oxygens (including phenoxy) is 1. The molecule has 0 radical (unpaired) electrons. The highest BCUT2D eigenvalue weighted by molar-refractivity contribution is 5.72. The van der Waals surface area contributed by atoms with E-state index in [0.29, 0.717) is 5.75 Å². The van der Waals surface area contributed by atoms with Crippen LogP contribution in [0, 0.1) is 0 Å².